The molecule has 2 heterocycles. The summed E-state index contributed by atoms with van der Waals surface area (Å²) in [7, 11) is -0.355. The summed E-state index contributed by atoms with van der Waals surface area (Å²) in [5.41, 5.74) is 2.95. The average Bonchev–Trinajstić information content (AvgIpc) is 3.16. The van der Waals surface area contributed by atoms with E-state index in [1.807, 2.05) is 11.3 Å². The van der Waals surface area contributed by atoms with Crippen LogP contribution in [0.2, 0.25) is 0 Å². The highest BCUT2D eigenvalue weighted by molar-refractivity contribution is 7.26. The minimum Gasteiger partial charge on any atom is -0.399 e. The first-order chi connectivity index (χ1) is 13.4. The van der Waals surface area contributed by atoms with Crippen LogP contribution in [-0.4, -0.2) is 18.3 Å². The van der Waals surface area contributed by atoms with Crippen LogP contribution in [0.25, 0.3) is 31.3 Å². The first kappa shape index (κ1) is 17.9. The van der Waals surface area contributed by atoms with Gasteiger partial charge in [-0.1, -0.05) is 60.7 Å². The quantitative estimate of drug-likeness (QED) is 0.392. The first-order valence-corrected chi connectivity index (χ1v) is 10.5. The molecule has 4 heteroatoms. The molecule has 28 heavy (non-hydrogen) atoms. The third kappa shape index (κ3) is 2.63. The normalized spacial score (nSPS) is 18.2. The predicted molar refractivity (Wildman–Crippen MR) is 120 cm³/mol. The molecule has 4 aromatic rings. The molecule has 2 nitrogen and oxygen atoms in total. The van der Waals surface area contributed by atoms with Crippen LogP contribution in [0.1, 0.15) is 27.7 Å². The van der Waals surface area contributed by atoms with Gasteiger partial charge in [0.1, 0.15) is 0 Å². The van der Waals surface area contributed by atoms with E-state index in [1.54, 1.807) is 0 Å². The van der Waals surface area contributed by atoms with Crippen LogP contribution in [-0.2, 0) is 9.31 Å². The van der Waals surface area contributed by atoms with Crippen molar-refractivity contribution in [1.29, 1.82) is 0 Å². The van der Waals surface area contributed by atoms with Gasteiger partial charge in [-0.15, -0.1) is 11.3 Å². The van der Waals surface area contributed by atoms with Crippen LogP contribution >= 0.6 is 11.3 Å². The topological polar surface area (TPSA) is 18.5 Å². The summed E-state index contributed by atoms with van der Waals surface area (Å²) in [6.07, 6.45) is 0. The smallest absolute Gasteiger partial charge is 0.399 e. The van der Waals surface area contributed by atoms with Gasteiger partial charge < -0.3 is 9.31 Å². The fourth-order valence-corrected chi connectivity index (χ4v) is 5.16. The Morgan fingerprint density at radius 2 is 1.43 bits per heavy atom. The molecular formula is C24H23BO2S. The van der Waals surface area contributed by atoms with Gasteiger partial charge in [0, 0.05) is 20.2 Å². The summed E-state index contributed by atoms with van der Waals surface area (Å²) in [5.74, 6) is 0. The zero-order chi connectivity index (χ0) is 19.5. The zero-order valence-corrected chi connectivity index (χ0v) is 17.5. The summed E-state index contributed by atoms with van der Waals surface area (Å²) in [6.45, 7) is 8.41. The van der Waals surface area contributed by atoms with Crippen molar-refractivity contribution in [2.75, 3.05) is 0 Å². The minimum atomic E-state index is -0.355. The number of hydrogen-bond donors (Lipinski definition) is 0. The van der Waals surface area contributed by atoms with E-state index in [2.05, 4.69) is 94.4 Å². The third-order valence-electron chi connectivity index (χ3n) is 6.15. The molecule has 5 rings (SSSR count). The number of hydrogen-bond acceptors (Lipinski definition) is 3. The maximum Gasteiger partial charge on any atom is 0.495 e. The lowest BCUT2D eigenvalue weighted by Gasteiger charge is -2.32. The molecule has 0 amide bonds. The van der Waals surface area contributed by atoms with E-state index < -0.39 is 0 Å². The van der Waals surface area contributed by atoms with Crippen LogP contribution in [0.5, 0.6) is 0 Å². The average molecular weight is 386 g/mol. The molecule has 0 atom stereocenters. The summed E-state index contributed by atoms with van der Waals surface area (Å²) in [6, 6.07) is 23.6. The zero-order valence-electron chi connectivity index (χ0n) is 16.7. The molecule has 0 N–H and O–H groups in total. The van der Waals surface area contributed by atoms with Crippen molar-refractivity contribution in [2.24, 2.45) is 0 Å². The van der Waals surface area contributed by atoms with Crippen molar-refractivity contribution in [3.8, 4) is 11.1 Å². The van der Waals surface area contributed by atoms with Crippen molar-refractivity contribution in [3.05, 3.63) is 66.7 Å². The molecule has 0 saturated carbocycles. The van der Waals surface area contributed by atoms with Crippen LogP contribution in [0, 0.1) is 0 Å². The lowest BCUT2D eigenvalue weighted by molar-refractivity contribution is 0.00578. The molecule has 0 radical (unpaired) electrons. The number of fused-ring (bicyclic) bond motifs is 3. The number of rotatable bonds is 2. The Balaban J connectivity index is 1.73. The first-order valence-electron chi connectivity index (χ1n) is 9.73. The Bertz CT molecular complexity index is 1160. The SMILES string of the molecule is CC1(C)OB(c2cccc3sc4c(-c5ccccc5)cccc4c23)OC1(C)C. The van der Waals surface area contributed by atoms with Crippen molar-refractivity contribution in [1.82, 2.24) is 0 Å². The molecule has 0 bridgehead atoms. The predicted octanol–water partition coefficient (Wildman–Crippen LogP) is 6.02. The Kier molecular flexibility index (Phi) is 3.96. The fourth-order valence-electron chi connectivity index (χ4n) is 3.89. The molecule has 1 saturated heterocycles. The molecule has 0 unspecified atom stereocenters. The van der Waals surface area contributed by atoms with Crippen molar-refractivity contribution in [2.45, 2.75) is 38.9 Å². The molecule has 1 aromatic heterocycles. The Morgan fingerprint density at radius 3 is 2.14 bits per heavy atom. The van der Waals surface area contributed by atoms with Crippen molar-refractivity contribution in [3.63, 3.8) is 0 Å². The largest absolute Gasteiger partial charge is 0.495 e. The minimum absolute atomic E-state index is 0.346. The molecule has 1 fully saturated rings. The second-order valence-corrected chi connectivity index (χ2v) is 9.51. The summed E-state index contributed by atoms with van der Waals surface area (Å²) < 4.78 is 15.3. The summed E-state index contributed by atoms with van der Waals surface area (Å²) in [4.78, 5) is 0. The van der Waals surface area contributed by atoms with Gasteiger partial charge in [0.2, 0.25) is 0 Å². The van der Waals surface area contributed by atoms with Gasteiger partial charge in [-0.05, 0) is 50.4 Å². The highest BCUT2D eigenvalue weighted by Gasteiger charge is 2.52. The van der Waals surface area contributed by atoms with Gasteiger partial charge in [0.25, 0.3) is 0 Å². The van der Waals surface area contributed by atoms with E-state index in [0.717, 1.165) is 5.46 Å². The lowest BCUT2D eigenvalue weighted by Crippen LogP contribution is -2.41. The van der Waals surface area contributed by atoms with E-state index >= 15 is 0 Å². The lowest BCUT2D eigenvalue weighted by atomic mass is 9.76. The van der Waals surface area contributed by atoms with Crippen molar-refractivity contribution >= 4 is 44.1 Å². The Hall–Kier alpha value is -2.14. The highest BCUT2D eigenvalue weighted by Crippen LogP contribution is 2.41. The van der Waals surface area contributed by atoms with E-state index in [0.29, 0.717) is 0 Å². The second kappa shape index (κ2) is 6.18. The summed E-state index contributed by atoms with van der Waals surface area (Å²) >= 11 is 1.84. The highest BCUT2D eigenvalue weighted by atomic mass is 32.1. The van der Waals surface area contributed by atoms with E-state index in [4.69, 9.17) is 9.31 Å². The van der Waals surface area contributed by atoms with Crippen LogP contribution < -0.4 is 5.46 Å². The van der Waals surface area contributed by atoms with Gasteiger partial charge in [0.15, 0.2) is 0 Å². The molecule has 0 aliphatic carbocycles. The monoisotopic (exact) mass is 386 g/mol. The maximum atomic E-state index is 6.37. The molecule has 140 valence electrons. The molecule has 1 aliphatic rings. The van der Waals surface area contributed by atoms with E-state index in [9.17, 15) is 0 Å². The van der Waals surface area contributed by atoms with Gasteiger partial charge in [-0.3, -0.25) is 0 Å². The summed E-state index contributed by atoms with van der Waals surface area (Å²) in [5, 5.41) is 2.52. The van der Waals surface area contributed by atoms with E-state index in [1.165, 1.54) is 31.3 Å². The number of benzene rings is 3. The molecule has 1 aliphatic heterocycles. The Morgan fingerprint density at radius 1 is 0.750 bits per heavy atom. The maximum absolute atomic E-state index is 6.37. The van der Waals surface area contributed by atoms with Crippen LogP contribution in [0.3, 0.4) is 0 Å². The van der Waals surface area contributed by atoms with Crippen molar-refractivity contribution < 1.29 is 9.31 Å². The number of thiophene rings is 1. The molecule has 0 spiro atoms. The van der Waals surface area contributed by atoms with Crippen LogP contribution in [0.15, 0.2) is 66.7 Å². The standard InChI is InChI=1S/C24H23BO2S/c1-23(2)24(3,4)27-25(26-23)19-14-9-15-20-21(19)18-13-8-12-17(22(18)28-20)16-10-6-5-7-11-16/h5-15H,1-4H3. The van der Waals surface area contributed by atoms with Gasteiger partial charge in [-0.2, -0.15) is 0 Å². The van der Waals surface area contributed by atoms with Crippen LogP contribution in [0.4, 0.5) is 0 Å². The van der Waals surface area contributed by atoms with Gasteiger partial charge in [0.05, 0.1) is 11.2 Å². The van der Waals surface area contributed by atoms with Gasteiger partial charge in [-0.25, -0.2) is 0 Å². The fraction of sp³-hybridized carbons (Fsp3) is 0.250. The van der Waals surface area contributed by atoms with Gasteiger partial charge >= 0.3 is 7.12 Å². The third-order valence-corrected chi connectivity index (χ3v) is 7.35. The molecular weight excluding hydrogens is 363 g/mol. The second-order valence-electron chi connectivity index (χ2n) is 8.46. The van der Waals surface area contributed by atoms with E-state index in [-0.39, 0.29) is 18.3 Å². The Labute approximate surface area is 170 Å². The molecule has 3 aromatic carbocycles.